The number of amides is 2. The maximum absolute atomic E-state index is 13.5. The van der Waals surface area contributed by atoms with Crippen molar-refractivity contribution in [2.24, 2.45) is 0 Å². The Hall–Kier alpha value is -3.68. The minimum atomic E-state index is -0.666. The van der Waals surface area contributed by atoms with Gasteiger partial charge >= 0.3 is 0 Å². The fourth-order valence-electron chi connectivity index (χ4n) is 3.99. The van der Waals surface area contributed by atoms with E-state index in [9.17, 15) is 9.59 Å². The van der Waals surface area contributed by atoms with Crippen LogP contribution in [0.5, 0.6) is 11.5 Å². The van der Waals surface area contributed by atoms with Gasteiger partial charge in [-0.15, -0.1) is 10.2 Å². The molecule has 0 aliphatic carbocycles. The van der Waals surface area contributed by atoms with Crippen LogP contribution in [0.15, 0.2) is 47.2 Å². The molecule has 4 rings (SSSR count). The van der Waals surface area contributed by atoms with Gasteiger partial charge in [-0.1, -0.05) is 32.9 Å². The van der Waals surface area contributed by atoms with E-state index < -0.39 is 6.04 Å². The quantitative estimate of drug-likeness (QED) is 0.495. The van der Waals surface area contributed by atoms with E-state index in [1.807, 2.05) is 25.1 Å². The molecule has 8 nitrogen and oxygen atoms in total. The first-order chi connectivity index (χ1) is 15.7. The second-order valence-electron chi connectivity index (χ2n) is 8.89. The van der Waals surface area contributed by atoms with Crippen molar-refractivity contribution in [1.82, 2.24) is 15.1 Å². The molecule has 0 bridgehead atoms. The third kappa shape index (κ3) is 4.20. The Bertz CT molecular complexity index is 1180. The Morgan fingerprint density at radius 3 is 2.42 bits per heavy atom. The number of nitrogens with zero attached hydrogens (tertiary/aromatic N) is 3. The molecular weight excluding hydrogens is 422 g/mol. The molecule has 0 spiro atoms. The summed E-state index contributed by atoms with van der Waals surface area (Å²) in [6.07, 6.45) is 1.40. The molecule has 1 aliphatic heterocycles. The van der Waals surface area contributed by atoms with E-state index in [2.05, 4.69) is 31.0 Å². The molecule has 33 heavy (non-hydrogen) atoms. The molecular formula is C25H27N3O5. The summed E-state index contributed by atoms with van der Waals surface area (Å²) in [4.78, 5) is 28.3. The summed E-state index contributed by atoms with van der Waals surface area (Å²) < 4.78 is 16.5. The van der Waals surface area contributed by atoms with Gasteiger partial charge in [0.15, 0.2) is 11.5 Å². The first kappa shape index (κ1) is 22.5. The van der Waals surface area contributed by atoms with Crippen LogP contribution in [-0.2, 0) is 11.8 Å². The van der Waals surface area contributed by atoms with Gasteiger partial charge in [0.2, 0.25) is 12.3 Å². The molecule has 0 radical (unpaired) electrons. The second-order valence-corrected chi connectivity index (χ2v) is 8.89. The van der Waals surface area contributed by atoms with Crippen LogP contribution in [0.1, 0.15) is 71.5 Å². The molecule has 2 amide bonds. The lowest BCUT2D eigenvalue weighted by atomic mass is 9.85. The topological polar surface area (TPSA) is 94.8 Å². The number of methoxy groups -OCH3 is 1. The van der Waals surface area contributed by atoms with Crippen molar-refractivity contribution in [2.45, 2.75) is 45.6 Å². The highest BCUT2D eigenvalue weighted by atomic mass is 16.5. The van der Waals surface area contributed by atoms with Crippen LogP contribution in [-0.4, -0.2) is 40.6 Å². The van der Waals surface area contributed by atoms with E-state index in [1.54, 1.807) is 25.3 Å². The second kappa shape index (κ2) is 8.69. The summed E-state index contributed by atoms with van der Waals surface area (Å²) >= 11 is 0. The van der Waals surface area contributed by atoms with E-state index in [-0.39, 0.29) is 23.7 Å². The van der Waals surface area contributed by atoms with E-state index in [4.69, 9.17) is 13.9 Å². The summed E-state index contributed by atoms with van der Waals surface area (Å²) in [6.45, 7) is 8.52. The third-order valence-electron chi connectivity index (χ3n) is 5.74. The Kier molecular flexibility index (Phi) is 5.93. The van der Waals surface area contributed by atoms with E-state index in [0.29, 0.717) is 40.7 Å². The number of carbonyl (C=O) groups excluding carboxylic acids is 2. The number of aromatic nitrogens is 2. The SMILES string of the molecule is CCOc1cc([C@H](Cc2nnco2)N2C(=O)c3ccc(C(C)(C)C)cc3C2=O)ccc1OC. The van der Waals surface area contributed by atoms with Crippen LogP contribution in [0, 0.1) is 0 Å². The average molecular weight is 450 g/mol. The van der Waals surface area contributed by atoms with Crippen molar-refractivity contribution in [3.63, 3.8) is 0 Å². The van der Waals surface area contributed by atoms with Crippen LogP contribution in [0.2, 0.25) is 0 Å². The van der Waals surface area contributed by atoms with Crippen molar-refractivity contribution in [3.8, 4) is 11.5 Å². The number of fused-ring (bicyclic) bond motifs is 1. The molecule has 1 aliphatic rings. The molecule has 172 valence electrons. The van der Waals surface area contributed by atoms with Gasteiger partial charge in [-0.2, -0.15) is 0 Å². The fourth-order valence-corrected chi connectivity index (χ4v) is 3.99. The Morgan fingerprint density at radius 1 is 1.03 bits per heavy atom. The number of ether oxygens (including phenoxy) is 2. The molecule has 0 N–H and O–H groups in total. The van der Waals surface area contributed by atoms with E-state index >= 15 is 0 Å². The Balaban J connectivity index is 1.79. The highest BCUT2D eigenvalue weighted by Crippen LogP contribution is 2.38. The maximum atomic E-state index is 13.5. The van der Waals surface area contributed by atoms with Crippen molar-refractivity contribution in [3.05, 3.63) is 70.9 Å². The number of hydrogen-bond donors (Lipinski definition) is 0. The summed E-state index contributed by atoms with van der Waals surface area (Å²) in [7, 11) is 1.56. The lowest BCUT2D eigenvalue weighted by Gasteiger charge is -2.26. The highest BCUT2D eigenvalue weighted by Gasteiger charge is 2.42. The fraction of sp³-hybridized carbons (Fsp3) is 0.360. The van der Waals surface area contributed by atoms with Crippen molar-refractivity contribution in [2.75, 3.05) is 13.7 Å². The highest BCUT2D eigenvalue weighted by molar-refractivity contribution is 6.21. The van der Waals surface area contributed by atoms with Gasteiger partial charge in [0.1, 0.15) is 0 Å². The number of carbonyl (C=O) groups is 2. The first-order valence-electron chi connectivity index (χ1n) is 10.8. The lowest BCUT2D eigenvalue weighted by Crippen LogP contribution is -2.35. The minimum absolute atomic E-state index is 0.155. The van der Waals surface area contributed by atoms with Crippen molar-refractivity contribution in [1.29, 1.82) is 0 Å². The summed E-state index contributed by atoms with van der Waals surface area (Å²) in [5.41, 5.74) is 2.32. The zero-order chi connectivity index (χ0) is 23.8. The molecule has 2 heterocycles. The van der Waals surface area contributed by atoms with Crippen LogP contribution >= 0.6 is 0 Å². The van der Waals surface area contributed by atoms with Gasteiger partial charge in [-0.3, -0.25) is 14.5 Å². The van der Waals surface area contributed by atoms with Gasteiger partial charge in [-0.05, 0) is 47.7 Å². The van der Waals surface area contributed by atoms with Gasteiger partial charge < -0.3 is 13.9 Å². The summed E-state index contributed by atoms with van der Waals surface area (Å²) in [5.74, 6) is 0.711. The lowest BCUT2D eigenvalue weighted by molar-refractivity contribution is 0.0576. The molecule has 3 aromatic rings. The summed E-state index contributed by atoms with van der Waals surface area (Å²) in [6, 6.07) is 10.2. The van der Waals surface area contributed by atoms with Gasteiger partial charge in [0.05, 0.1) is 37.3 Å². The predicted molar refractivity (Wildman–Crippen MR) is 121 cm³/mol. The van der Waals surface area contributed by atoms with Crippen LogP contribution < -0.4 is 9.47 Å². The number of rotatable bonds is 7. The van der Waals surface area contributed by atoms with Gasteiger partial charge in [0, 0.05) is 0 Å². The van der Waals surface area contributed by atoms with Gasteiger partial charge in [-0.25, -0.2) is 0 Å². The first-order valence-corrected chi connectivity index (χ1v) is 10.8. The minimum Gasteiger partial charge on any atom is -0.493 e. The van der Waals surface area contributed by atoms with E-state index in [1.165, 1.54) is 11.3 Å². The predicted octanol–water partition coefficient (Wildman–Crippen LogP) is 4.35. The Labute approximate surface area is 192 Å². The Morgan fingerprint density at radius 2 is 1.79 bits per heavy atom. The van der Waals surface area contributed by atoms with Crippen LogP contribution in [0.3, 0.4) is 0 Å². The molecule has 0 fully saturated rings. The summed E-state index contributed by atoms with van der Waals surface area (Å²) in [5, 5.41) is 7.71. The molecule has 0 unspecified atom stereocenters. The average Bonchev–Trinajstić information content (AvgIpc) is 3.38. The van der Waals surface area contributed by atoms with Crippen molar-refractivity contribution < 1.29 is 23.5 Å². The molecule has 1 atom stereocenters. The number of benzene rings is 2. The normalized spacial score (nSPS) is 14.4. The molecule has 2 aromatic carbocycles. The zero-order valence-electron chi connectivity index (χ0n) is 19.4. The zero-order valence-corrected chi connectivity index (χ0v) is 19.4. The smallest absolute Gasteiger partial charge is 0.262 e. The molecule has 1 aromatic heterocycles. The standard InChI is InChI=1S/C25H27N3O5/c1-6-32-21-11-15(7-10-20(21)31-5)19(13-22-27-26-14-33-22)28-23(29)17-9-8-16(25(2,3)4)12-18(17)24(28)30/h7-12,14,19H,6,13H2,1-5H3/t19-/m0/s1. The number of hydrogen-bond acceptors (Lipinski definition) is 7. The van der Waals surface area contributed by atoms with Crippen LogP contribution in [0.4, 0.5) is 0 Å². The molecule has 0 saturated carbocycles. The van der Waals surface area contributed by atoms with Crippen LogP contribution in [0.25, 0.3) is 0 Å². The van der Waals surface area contributed by atoms with Crippen molar-refractivity contribution >= 4 is 11.8 Å². The maximum Gasteiger partial charge on any atom is 0.262 e. The molecule has 8 heteroatoms. The third-order valence-corrected chi connectivity index (χ3v) is 5.74. The largest absolute Gasteiger partial charge is 0.493 e. The van der Waals surface area contributed by atoms with E-state index in [0.717, 1.165) is 5.56 Å². The monoisotopic (exact) mass is 449 g/mol. The van der Waals surface area contributed by atoms with Gasteiger partial charge in [0.25, 0.3) is 11.8 Å². The molecule has 0 saturated heterocycles. The number of imide groups is 1.